The van der Waals surface area contributed by atoms with E-state index in [9.17, 15) is 0 Å². The van der Waals surface area contributed by atoms with Crippen LogP contribution in [0.5, 0.6) is 0 Å². The first-order valence-electron chi connectivity index (χ1n) is 16.6. The van der Waals surface area contributed by atoms with Crippen molar-refractivity contribution < 1.29 is 0 Å². The summed E-state index contributed by atoms with van der Waals surface area (Å²) >= 11 is 0. The number of nitrogens with zero attached hydrogens (tertiary/aromatic N) is 6. The summed E-state index contributed by atoms with van der Waals surface area (Å²) in [6.07, 6.45) is 5.49. The van der Waals surface area contributed by atoms with Gasteiger partial charge in [-0.2, -0.15) is 0 Å². The fraction of sp³-hybridized carbons (Fsp3) is 0. The highest BCUT2D eigenvalue weighted by atomic mass is 15.0. The zero-order chi connectivity index (χ0) is 33.0. The van der Waals surface area contributed by atoms with Gasteiger partial charge in [-0.1, -0.05) is 60.7 Å². The van der Waals surface area contributed by atoms with Gasteiger partial charge in [0.1, 0.15) is 0 Å². The summed E-state index contributed by atoms with van der Waals surface area (Å²) < 4.78 is 4.63. The molecule has 0 N–H and O–H groups in total. The topological polar surface area (TPSA) is 61.4 Å². The van der Waals surface area contributed by atoms with Crippen molar-refractivity contribution in [1.29, 1.82) is 0 Å². The van der Waals surface area contributed by atoms with E-state index in [0.717, 1.165) is 78.2 Å². The average Bonchev–Trinajstić information content (AvgIpc) is 3.71. The van der Waals surface area contributed by atoms with Gasteiger partial charge in [-0.3, -0.25) is 15.0 Å². The maximum Gasteiger partial charge on any atom is 0.0963 e. The molecule has 0 bridgehead atoms. The van der Waals surface area contributed by atoms with E-state index in [1.54, 1.807) is 12.4 Å². The van der Waals surface area contributed by atoms with Gasteiger partial charge in [-0.25, -0.2) is 4.98 Å². The van der Waals surface area contributed by atoms with Crippen LogP contribution in [-0.4, -0.2) is 29.1 Å². The van der Waals surface area contributed by atoms with Crippen LogP contribution in [0.3, 0.4) is 0 Å². The fourth-order valence-corrected chi connectivity index (χ4v) is 7.24. The molecule has 0 saturated carbocycles. The zero-order valence-electron chi connectivity index (χ0n) is 26.8. The largest absolute Gasteiger partial charge is 0.309 e. The number of aromatic nitrogens is 6. The lowest BCUT2D eigenvalue weighted by atomic mass is 10.0. The van der Waals surface area contributed by atoms with E-state index in [-0.39, 0.29) is 0 Å². The van der Waals surface area contributed by atoms with Crippen LogP contribution < -0.4 is 0 Å². The minimum Gasteiger partial charge on any atom is -0.309 e. The fourth-order valence-electron chi connectivity index (χ4n) is 7.24. The molecule has 0 aliphatic heterocycles. The second-order valence-electron chi connectivity index (χ2n) is 12.4. The Morgan fingerprint density at radius 2 is 0.900 bits per heavy atom. The summed E-state index contributed by atoms with van der Waals surface area (Å²) in [6.45, 7) is 0. The molecule has 6 nitrogen and oxygen atoms in total. The summed E-state index contributed by atoms with van der Waals surface area (Å²) in [5, 5.41) is 3.49. The Morgan fingerprint density at radius 1 is 0.340 bits per heavy atom. The van der Waals surface area contributed by atoms with Gasteiger partial charge in [0.2, 0.25) is 0 Å². The first kappa shape index (κ1) is 28.1. The molecule has 4 aromatic carbocycles. The van der Waals surface area contributed by atoms with Gasteiger partial charge in [-0.05, 0) is 102 Å². The number of fused-ring (bicyclic) bond motifs is 6. The highest BCUT2D eigenvalue weighted by Crippen LogP contribution is 2.38. The van der Waals surface area contributed by atoms with Crippen LogP contribution in [0.4, 0.5) is 0 Å². The summed E-state index contributed by atoms with van der Waals surface area (Å²) in [4.78, 5) is 19.1. The maximum absolute atomic E-state index is 5.02. The highest BCUT2D eigenvalue weighted by molar-refractivity contribution is 6.12. The molecular formula is C44H28N6. The summed E-state index contributed by atoms with van der Waals surface area (Å²) in [7, 11) is 0. The van der Waals surface area contributed by atoms with Crippen molar-refractivity contribution in [3.63, 3.8) is 0 Å². The number of benzene rings is 4. The van der Waals surface area contributed by atoms with Crippen molar-refractivity contribution in [2.45, 2.75) is 0 Å². The molecule has 10 aromatic rings. The van der Waals surface area contributed by atoms with Crippen LogP contribution in [0.15, 0.2) is 170 Å². The summed E-state index contributed by atoms with van der Waals surface area (Å²) in [5.41, 5.74) is 13.1. The number of hydrogen-bond donors (Lipinski definition) is 0. The molecule has 0 fully saturated rings. The van der Waals surface area contributed by atoms with Crippen molar-refractivity contribution in [1.82, 2.24) is 29.1 Å². The molecule has 6 heteroatoms. The number of hydrogen-bond acceptors (Lipinski definition) is 4. The average molecular weight is 641 g/mol. The Labute approximate surface area is 287 Å². The van der Waals surface area contributed by atoms with Crippen molar-refractivity contribution >= 4 is 43.7 Å². The third-order valence-corrected chi connectivity index (χ3v) is 9.46. The van der Waals surface area contributed by atoms with Gasteiger partial charge in [0, 0.05) is 40.4 Å². The van der Waals surface area contributed by atoms with Crippen LogP contribution in [0.25, 0.3) is 89.0 Å². The normalized spacial score (nSPS) is 11.6. The van der Waals surface area contributed by atoms with Gasteiger partial charge >= 0.3 is 0 Å². The molecule has 0 amide bonds. The lowest BCUT2D eigenvalue weighted by molar-refractivity contribution is 1.14. The van der Waals surface area contributed by atoms with E-state index in [1.165, 1.54) is 10.8 Å². The first-order valence-corrected chi connectivity index (χ1v) is 16.6. The quantitative estimate of drug-likeness (QED) is 0.188. The smallest absolute Gasteiger partial charge is 0.0963 e. The van der Waals surface area contributed by atoms with Gasteiger partial charge in [0.05, 0.1) is 56.0 Å². The Hall–Kier alpha value is -6.92. The molecule has 0 aliphatic carbocycles. The third-order valence-electron chi connectivity index (χ3n) is 9.46. The minimum absolute atomic E-state index is 0.794. The summed E-state index contributed by atoms with van der Waals surface area (Å²) in [6, 6.07) is 52.8. The lowest BCUT2D eigenvalue weighted by Gasteiger charge is -2.13. The van der Waals surface area contributed by atoms with Crippen LogP contribution >= 0.6 is 0 Å². The molecule has 0 aliphatic rings. The Kier molecular flexibility index (Phi) is 6.39. The number of pyridine rings is 4. The van der Waals surface area contributed by atoms with Crippen molar-refractivity contribution in [3.8, 4) is 45.3 Å². The maximum atomic E-state index is 5.02. The van der Waals surface area contributed by atoms with E-state index >= 15 is 0 Å². The third kappa shape index (κ3) is 4.50. The van der Waals surface area contributed by atoms with Crippen LogP contribution in [-0.2, 0) is 0 Å². The van der Waals surface area contributed by atoms with Crippen LogP contribution in [0, 0.1) is 0 Å². The predicted octanol–water partition coefficient (Wildman–Crippen LogP) is 10.5. The molecule has 0 atom stereocenters. The zero-order valence-corrected chi connectivity index (χ0v) is 26.8. The van der Waals surface area contributed by atoms with Gasteiger partial charge in [0.25, 0.3) is 0 Å². The van der Waals surface area contributed by atoms with Gasteiger partial charge < -0.3 is 9.13 Å². The molecular weight excluding hydrogens is 613 g/mol. The standard InChI is InChI=1S/C44H28N6/c1-2-11-31(12-3-1)49-42-21-19-30(26-35(42)44-43(49)17-10-24-47-44)29-18-20-41-34(25-29)33-13-4-5-16-40(33)50(41)32-27-38(36-14-6-8-22-45-36)48-39(28-32)37-15-7-9-23-46-37/h1-28H. The van der Waals surface area contributed by atoms with Crippen LogP contribution in [0.1, 0.15) is 0 Å². The summed E-state index contributed by atoms with van der Waals surface area (Å²) in [5.74, 6) is 0. The highest BCUT2D eigenvalue weighted by Gasteiger charge is 2.18. The molecule has 6 aromatic heterocycles. The van der Waals surface area contributed by atoms with Crippen molar-refractivity contribution in [3.05, 3.63) is 170 Å². The van der Waals surface area contributed by atoms with Gasteiger partial charge in [-0.15, -0.1) is 0 Å². The van der Waals surface area contributed by atoms with Crippen molar-refractivity contribution in [2.24, 2.45) is 0 Å². The van der Waals surface area contributed by atoms with E-state index in [1.807, 2.05) is 54.7 Å². The number of rotatable bonds is 5. The minimum atomic E-state index is 0.794. The van der Waals surface area contributed by atoms with E-state index in [0.29, 0.717) is 0 Å². The first-order chi connectivity index (χ1) is 24.8. The van der Waals surface area contributed by atoms with Gasteiger partial charge in [0.15, 0.2) is 0 Å². The molecule has 234 valence electrons. The second kappa shape index (κ2) is 11.4. The molecule has 0 radical (unpaired) electrons. The monoisotopic (exact) mass is 640 g/mol. The molecule has 0 unspecified atom stereocenters. The molecule has 6 heterocycles. The lowest BCUT2D eigenvalue weighted by Crippen LogP contribution is -1.99. The number of para-hydroxylation sites is 2. The van der Waals surface area contributed by atoms with Crippen molar-refractivity contribution in [2.75, 3.05) is 0 Å². The Bertz CT molecular complexity index is 2800. The Morgan fingerprint density at radius 3 is 1.60 bits per heavy atom. The van der Waals surface area contributed by atoms with E-state index in [4.69, 9.17) is 9.97 Å². The predicted molar refractivity (Wildman–Crippen MR) is 203 cm³/mol. The second-order valence-corrected chi connectivity index (χ2v) is 12.4. The molecule has 0 spiro atoms. The molecule has 50 heavy (non-hydrogen) atoms. The Balaban J connectivity index is 1.17. The van der Waals surface area contributed by atoms with Crippen LogP contribution in [0.2, 0.25) is 0 Å². The molecule has 0 saturated heterocycles. The van der Waals surface area contributed by atoms with E-state index in [2.05, 4.69) is 122 Å². The molecule has 10 rings (SSSR count). The van der Waals surface area contributed by atoms with E-state index < -0.39 is 0 Å². The SMILES string of the molecule is c1ccc(-n2c3ccc(-c4ccc5c(c4)c4ccccc4n5-c4cc(-c5ccccn5)nc(-c5ccccn5)c4)cc3c3ncccc32)cc1.